The van der Waals surface area contributed by atoms with E-state index in [1.54, 1.807) is 0 Å². The zero-order valence-electron chi connectivity index (χ0n) is 9.82. The summed E-state index contributed by atoms with van der Waals surface area (Å²) in [6.45, 7) is 2.61. The topological polar surface area (TPSA) is 64.4 Å². The van der Waals surface area contributed by atoms with Gasteiger partial charge in [-0.15, -0.1) is 0 Å². The van der Waals surface area contributed by atoms with Gasteiger partial charge in [0.1, 0.15) is 5.52 Å². The van der Waals surface area contributed by atoms with Crippen molar-refractivity contribution in [1.82, 2.24) is 10.3 Å². The number of benzene rings is 1. The molecule has 17 heavy (non-hydrogen) atoms. The van der Waals surface area contributed by atoms with E-state index in [4.69, 9.17) is 4.42 Å². The molecule has 2 aromatic rings. The molecule has 1 aromatic heterocycles. The van der Waals surface area contributed by atoms with Crippen molar-refractivity contribution in [1.29, 1.82) is 0 Å². The highest BCUT2D eigenvalue weighted by Crippen LogP contribution is 2.16. The molecule has 1 N–H and O–H groups in total. The van der Waals surface area contributed by atoms with Gasteiger partial charge in [0.15, 0.2) is 11.5 Å². The molecule has 90 valence electrons. The number of ether oxygens (including phenoxy) is 1. The van der Waals surface area contributed by atoms with Gasteiger partial charge in [-0.25, -0.2) is 4.98 Å². The van der Waals surface area contributed by atoms with Gasteiger partial charge in [0, 0.05) is 13.5 Å². The highest BCUT2D eigenvalue weighted by Gasteiger charge is 2.04. The smallest absolute Gasteiger partial charge is 0.319 e. The van der Waals surface area contributed by atoms with Crippen LogP contribution in [-0.2, 0) is 16.1 Å². The number of nitrogens with one attached hydrogen (secondary N) is 1. The van der Waals surface area contributed by atoms with Gasteiger partial charge in [-0.05, 0) is 17.7 Å². The third-order valence-corrected chi connectivity index (χ3v) is 2.39. The summed E-state index contributed by atoms with van der Waals surface area (Å²) in [4.78, 5) is 15.2. The lowest BCUT2D eigenvalue weighted by Gasteiger charge is -2.03. The second kappa shape index (κ2) is 4.97. The largest absolute Gasteiger partial charge is 0.468 e. The number of nitrogens with zero attached hydrogens (tertiary/aromatic N) is 1. The molecule has 1 aromatic carbocycles. The molecule has 5 heteroatoms. The van der Waals surface area contributed by atoms with Crippen molar-refractivity contribution < 1.29 is 13.9 Å². The van der Waals surface area contributed by atoms with Gasteiger partial charge < -0.3 is 14.5 Å². The van der Waals surface area contributed by atoms with E-state index < -0.39 is 0 Å². The number of fused-ring (bicyclic) bond motifs is 1. The zero-order valence-corrected chi connectivity index (χ0v) is 9.82. The van der Waals surface area contributed by atoms with E-state index in [1.165, 1.54) is 7.11 Å². The highest BCUT2D eigenvalue weighted by atomic mass is 16.5. The van der Waals surface area contributed by atoms with Gasteiger partial charge in [0.05, 0.1) is 13.7 Å². The quantitative estimate of drug-likeness (QED) is 0.810. The SMILES string of the molecule is COC(=O)CNCc1ccc2oc(C)nc2c1. The van der Waals surface area contributed by atoms with Crippen molar-refractivity contribution in [2.45, 2.75) is 13.5 Å². The van der Waals surface area contributed by atoms with Crippen LogP contribution in [0.2, 0.25) is 0 Å². The predicted molar refractivity (Wildman–Crippen MR) is 62.5 cm³/mol. The van der Waals surface area contributed by atoms with Crippen LogP contribution in [0.15, 0.2) is 22.6 Å². The van der Waals surface area contributed by atoms with Crippen LogP contribution in [-0.4, -0.2) is 24.6 Å². The number of aryl methyl sites for hydroxylation is 1. The average molecular weight is 234 g/mol. The molecule has 0 radical (unpaired) electrons. The Bertz CT molecular complexity index is 534. The number of oxazole rings is 1. The normalized spacial score (nSPS) is 10.7. The van der Waals surface area contributed by atoms with Crippen LogP contribution in [0.1, 0.15) is 11.5 Å². The maximum Gasteiger partial charge on any atom is 0.319 e. The summed E-state index contributed by atoms with van der Waals surface area (Å²) < 4.78 is 9.91. The van der Waals surface area contributed by atoms with Crippen LogP contribution in [0.3, 0.4) is 0 Å². The van der Waals surface area contributed by atoms with E-state index in [-0.39, 0.29) is 12.5 Å². The van der Waals surface area contributed by atoms with Crippen molar-refractivity contribution >= 4 is 17.1 Å². The fourth-order valence-electron chi connectivity index (χ4n) is 1.58. The Morgan fingerprint density at radius 1 is 1.53 bits per heavy atom. The molecule has 0 fully saturated rings. The molecule has 5 nitrogen and oxygen atoms in total. The first-order valence-corrected chi connectivity index (χ1v) is 5.32. The van der Waals surface area contributed by atoms with Crippen molar-refractivity contribution in [2.75, 3.05) is 13.7 Å². The van der Waals surface area contributed by atoms with Crippen LogP contribution in [0, 0.1) is 6.92 Å². The molecule has 0 saturated heterocycles. The maximum absolute atomic E-state index is 10.9. The summed E-state index contributed by atoms with van der Waals surface area (Å²) in [7, 11) is 1.37. The van der Waals surface area contributed by atoms with Gasteiger partial charge in [-0.1, -0.05) is 6.07 Å². The van der Waals surface area contributed by atoms with E-state index in [1.807, 2.05) is 25.1 Å². The Labute approximate surface area is 98.8 Å². The minimum Gasteiger partial charge on any atom is -0.468 e. The molecule has 0 unspecified atom stereocenters. The van der Waals surface area contributed by atoms with Gasteiger partial charge in [-0.2, -0.15) is 0 Å². The molecule has 0 atom stereocenters. The number of hydrogen-bond acceptors (Lipinski definition) is 5. The molecule has 0 aliphatic heterocycles. The molecule has 0 saturated carbocycles. The van der Waals surface area contributed by atoms with Gasteiger partial charge in [-0.3, -0.25) is 4.79 Å². The minimum atomic E-state index is -0.275. The lowest BCUT2D eigenvalue weighted by molar-refractivity contribution is -0.139. The molecular weight excluding hydrogens is 220 g/mol. The lowest BCUT2D eigenvalue weighted by Crippen LogP contribution is -2.23. The van der Waals surface area contributed by atoms with E-state index in [9.17, 15) is 4.79 Å². The molecule has 0 aliphatic carbocycles. The van der Waals surface area contributed by atoms with Crippen molar-refractivity contribution in [3.63, 3.8) is 0 Å². The van der Waals surface area contributed by atoms with E-state index in [0.29, 0.717) is 12.4 Å². The number of esters is 1. The Morgan fingerprint density at radius 2 is 2.35 bits per heavy atom. The summed E-state index contributed by atoms with van der Waals surface area (Å²) in [6, 6.07) is 5.76. The maximum atomic E-state index is 10.9. The molecule has 0 amide bonds. The molecule has 0 aliphatic rings. The average Bonchev–Trinajstić information content (AvgIpc) is 2.68. The van der Waals surface area contributed by atoms with Crippen molar-refractivity contribution in [2.24, 2.45) is 0 Å². The van der Waals surface area contributed by atoms with Crippen LogP contribution in [0.5, 0.6) is 0 Å². The third kappa shape index (κ3) is 2.82. The fraction of sp³-hybridized carbons (Fsp3) is 0.333. The zero-order chi connectivity index (χ0) is 12.3. The Balaban J connectivity index is 2.01. The number of hydrogen-bond donors (Lipinski definition) is 1. The number of methoxy groups -OCH3 is 1. The summed E-state index contributed by atoms with van der Waals surface area (Å²) in [5.41, 5.74) is 2.66. The predicted octanol–water partition coefficient (Wildman–Crippen LogP) is 1.40. The Morgan fingerprint density at radius 3 is 3.12 bits per heavy atom. The Hall–Kier alpha value is -1.88. The molecule has 0 spiro atoms. The number of aromatic nitrogens is 1. The lowest BCUT2D eigenvalue weighted by atomic mass is 10.2. The van der Waals surface area contributed by atoms with Gasteiger partial charge in [0.25, 0.3) is 0 Å². The number of rotatable bonds is 4. The second-order valence-corrected chi connectivity index (χ2v) is 3.71. The first-order chi connectivity index (χ1) is 8.19. The van der Waals surface area contributed by atoms with Gasteiger partial charge >= 0.3 is 5.97 Å². The van der Waals surface area contributed by atoms with Crippen molar-refractivity contribution in [3.05, 3.63) is 29.7 Å². The highest BCUT2D eigenvalue weighted by molar-refractivity contribution is 5.73. The van der Waals surface area contributed by atoms with Crippen LogP contribution < -0.4 is 5.32 Å². The minimum absolute atomic E-state index is 0.201. The van der Waals surface area contributed by atoms with Crippen molar-refractivity contribution in [3.8, 4) is 0 Å². The molecule has 0 bridgehead atoms. The van der Waals surface area contributed by atoms with Crippen LogP contribution in [0.4, 0.5) is 0 Å². The van der Waals surface area contributed by atoms with Crippen LogP contribution in [0.25, 0.3) is 11.1 Å². The summed E-state index contributed by atoms with van der Waals surface area (Å²) in [5, 5.41) is 2.99. The van der Waals surface area contributed by atoms with E-state index in [2.05, 4.69) is 15.0 Å². The number of carbonyl (C=O) groups excluding carboxylic acids is 1. The summed E-state index contributed by atoms with van der Waals surface area (Å²) in [5.74, 6) is 0.378. The van der Waals surface area contributed by atoms with Crippen LogP contribution >= 0.6 is 0 Å². The molecule has 2 rings (SSSR count). The number of carbonyl (C=O) groups is 1. The first kappa shape index (κ1) is 11.6. The van der Waals surface area contributed by atoms with E-state index >= 15 is 0 Å². The first-order valence-electron chi connectivity index (χ1n) is 5.32. The molecule has 1 heterocycles. The summed E-state index contributed by atoms with van der Waals surface area (Å²) >= 11 is 0. The summed E-state index contributed by atoms with van der Waals surface area (Å²) in [6.07, 6.45) is 0. The van der Waals surface area contributed by atoms with Gasteiger partial charge in [0.2, 0.25) is 0 Å². The Kier molecular flexibility index (Phi) is 3.39. The molecular formula is C12H14N2O3. The third-order valence-electron chi connectivity index (χ3n) is 2.39. The standard InChI is InChI=1S/C12H14N2O3/c1-8-14-10-5-9(3-4-11(10)17-8)6-13-7-12(15)16-2/h3-5,13H,6-7H2,1-2H3. The second-order valence-electron chi connectivity index (χ2n) is 3.71. The fourth-order valence-corrected chi connectivity index (χ4v) is 1.58. The monoisotopic (exact) mass is 234 g/mol. The van der Waals surface area contributed by atoms with E-state index in [0.717, 1.165) is 16.7 Å².